The maximum atomic E-state index is 14.0. The molecule has 2 aliphatic rings. The lowest BCUT2D eigenvalue weighted by Crippen LogP contribution is -2.56. The van der Waals surface area contributed by atoms with Crippen LogP contribution in [0, 0.1) is 11.8 Å². The van der Waals surface area contributed by atoms with Gasteiger partial charge in [-0.1, -0.05) is 69.2 Å². The van der Waals surface area contributed by atoms with Crippen LogP contribution in [-0.2, 0) is 51.2 Å². The summed E-state index contributed by atoms with van der Waals surface area (Å²) >= 11 is 1.83. The molecule has 2 saturated heterocycles. The number of urea groups is 1. The molecule has 372 valence electrons. The number of nitrogens with one attached hydrogen (secondary N) is 9. The standard InChI is InChI=1S/C46H66N10O11S/c1-3-27(2)31(23-38(59)56-67)43(63)52-34(22-29-16-18-30(57)19-17-29)45(65)53-33(21-28-11-5-4-6-12-28)44(64)50-24-39(60)49-25-40(61)51-32(42(47)62)13-9-10-20-48-37(58)15-8-7-14-36-41-35(26-68-36)54-46(66)55-41/h4-6,11-12,16-19,27,31-36,41,57,67H,3,7-10,13-15,20-26H2,1-2H3,(H2,47,62)(H,48,58)(H,49,60)(H,50,64)(H,51,61)(H,52,63)(H,53,65)(H,56,59)(H2,54,55,66)/t27?,31?,32-,33-,34-,35-,36-,41-/m0/s1. The number of phenols is 1. The molecule has 0 radical (unpaired) electrons. The number of phenolic OH excluding ortho intramolecular Hbond substituents is 1. The van der Waals surface area contributed by atoms with Crippen LogP contribution in [0.25, 0.3) is 0 Å². The Morgan fingerprint density at radius 1 is 0.735 bits per heavy atom. The zero-order valence-electron chi connectivity index (χ0n) is 38.5. The Labute approximate surface area is 399 Å². The SMILES string of the molecule is CCC(C)C(CC(=O)NO)C(=O)N[C@@H](Cc1ccc(O)cc1)C(=O)N[C@@H](Cc1ccccc1)C(=O)NCC(=O)NCC(=O)N[C@@H](CCCCNC(=O)CCCC[C@@H]1SC[C@@H]2NC(=O)N[C@@H]21)C(N)=O. The van der Waals surface area contributed by atoms with Crippen LogP contribution < -0.4 is 53.7 Å². The lowest BCUT2D eigenvalue weighted by molar-refractivity contribution is -0.138. The fourth-order valence-corrected chi connectivity index (χ4v) is 9.44. The molecule has 68 heavy (non-hydrogen) atoms. The van der Waals surface area contributed by atoms with Gasteiger partial charge in [0.15, 0.2) is 0 Å². The minimum atomic E-state index is -1.27. The summed E-state index contributed by atoms with van der Waals surface area (Å²) in [5, 5.41) is 40.8. The van der Waals surface area contributed by atoms with Gasteiger partial charge < -0.3 is 53.4 Å². The third-order valence-electron chi connectivity index (χ3n) is 12.0. The van der Waals surface area contributed by atoms with Crippen molar-refractivity contribution in [1.29, 1.82) is 0 Å². The predicted octanol–water partition coefficient (Wildman–Crippen LogP) is -0.0804. The first-order chi connectivity index (χ1) is 32.6. The number of carbonyl (C=O) groups is 9. The van der Waals surface area contributed by atoms with Gasteiger partial charge >= 0.3 is 6.03 Å². The molecule has 8 atom stereocenters. The number of aromatic hydroxyl groups is 1. The fourth-order valence-electron chi connectivity index (χ4n) is 7.90. The van der Waals surface area contributed by atoms with Crippen molar-refractivity contribution >= 4 is 65.1 Å². The van der Waals surface area contributed by atoms with Gasteiger partial charge in [0.1, 0.15) is 23.9 Å². The normalized spacial score (nSPS) is 18.2. The quantitative estimate of drug-likeness (QED) is 0.0221. The molecule has 0 spiro atoms. The molecule has 0 aliphatic carbocycles. The molecule has 13 N–H and O–H groups in total. The van der Waals surface area contributed by atoms with Gasteiger partial charge in [0.05, 0.1) is 25.2 Å². The highest BCUT2D eigenvalue weighted by Gasteiger charge is 2.42. The van der Waals surface area contributed by atoms with Crippen LogP contribution in [0.4, 0.5) is 4.79 Å². The number of primary amides is 1. The van der Waals surface area contributed by atoms with Gasteiger partial charge in [-0.25, -0.2) is 10.3 Å². The lowest BCUT2D eigenvalue weighted by Gasteiger charge is -2.27. The van der Waals surface area contributed by atoms with Crippen LogP contribution in [0.15, 0.2) is 54.6 Å². The van der Waals surface area contributed by atoms with Crippen molar-refractivity contribution < 1.29 is 53.5 Å². The Balaban J connectivity index is 1.23. The van der Waals surface area contributed by atoms with Crippen molar-refractivity contribution in [3.63, 3.8) is 0 Å². The summed E-state index contributed by atoms with van der Waals surface area (Å²) in [5.41, 5.74) is 8.28. The summed E-state index contributed by atoms with van der Waals surface area (Å²) < 4.78 is 0. The van der Waals surface area contributed by atoms with E-state index in [9.17, 15) is 48.3 Å². The third-order valence-corrected chi connectivity index (χ3v) is 13.5. The number of nitrogens with two attached hydrogens (primary N) is 1. The van der Waals surface area contributed by atoms with E-state index in [1.54, 1.807) is 49.4 Å². The van der Waals surface area contributed by atoms with Crippen molar-refractivity contribution in [2.75, 3.05) is 25.4 Å². The maximum Gasteiger partial charge on any atom is 0.315 e. The fraction of sp³-hybridized carbons (Fsp3) is 0.543. The molecule has 2 heterocycles. The van der Waals surface area contributed by atoms with Crippen LogP contribution in [0.1, 0.15) is 82.8 Å². The van der Waals surface area contributed by atoms with E-state index in [2.05, 4.69) is 42.5 Å². The van der Waals surface area contributed by atoms with Gasteiger partial charge in [-0.2, -0.15) is 11.8 Å². The summed E-state index contributed by atoms with van der Waals surface area (Å²) in [6.45, 7) is 2.82. The first-order valence-corrected chi connectivity index (χ1v) is 24.1. The number of carbonyl (C=O) groups excluding carboxylic acids is 9. The van der Waals surface area contributed by atoms with Crippen molar-refractivity contribution in [3.8, 4) is 5.75 Å². The van der Waals surface area contributed by atoms with Crippen molar-refractivity contribution in [2.24, 2.45) is 17.6 Å². The van der Waals surface area contributed by atoms with Crippen LogP contribution in [-0.4, -0.2) is 124 Å². The summed E-state index contributed by atoms with van der Waals surface area (Å²) in [7, 11) is 0. The van der Waals surface area contributed by atoms with E-state index in [1.807, 2.05) is 18.7 Å². The molecule has 10 amide bonds. The monoisotopic (exact) mass is 966 g/mol. The number of unbranched alkanes of at least 4 members (excludes halogenated alkanes) is 2. The number of thioether (sulfide) groups is 1. The van der Waals surface area contributed by atoms with Crippen molar-refractivity contribution in [2.45, 2.75) is 120 Å². The third kappa shape index (κ3) is 18.3. The van der Waals surface area contributed by atoms with Gasteiger partial charge in [0, 0.05) is 49.1 Å². The van der Waals surface area contributed by atoms with E-state index in [1.165, 1.54) is 17.6 Å². The zero-order chi connectivity index (χ0) is 49.6. The second-order valence-corrected chi connectivity index (χ2v) is 18.4. The summed E-state index contributed by atoms with van der Waals surface area (Å²) in [6, 6.07) is 11.3. The second kappa shape index (κ2) is 28.0. The summed E-state index contributed by atoms with van der Waals surface area (Å²) in [6.07, 6.45) is 4.12. The van der Waals surface area contributed by atoms with E-state index in [0.717, 1.165) is 25.0 Å². The number of hydrogen-bond donors (Lipinski definition) is 12. The van der Waals surface area contributed by atoms with E-state index in [4.69, 9.17) is 10.9 Å². The number of hydrogen-bond acceptors (Lipinski definition) is 12. The number of benzene rings is 2. The first kappa shape index (κ1) is 54.2. The van der Waals surface area contributed by atoms with Crippen LogP contribution in [0.2, 0.25) is 0 Å². The highest BCUT2D eigenvalue weighted by Crippen LogP contribution is 2.33. The Morgan fingerprint density at radius 3 is 2.07 bits per heavy atom. The van der Waals surface area contributed by atoms with Gasteiger partial charge in [-0.05, 0) is 61.3 Å². The molecule has 0 aromatic heterocycles. The van der Waals surface area contributed by atoms with E-state index < -0.39 is 78.5 Å². The number of hydroxylamine groups is 1. The van der Waals surface area contributed by atoms with E-state index >= 15 is 0 Å². The number of fused-ring (bicyclic) bond motifs is 1. The van der Waals surface area contributed by atoms with Gasteiger partial charge in [0.25, 0.3) is 0 Å². The van der Waals surface area contributed by atoms with Crippen LogP contribution in [0.5, 0.6) is 5.75 Å². The molecular weight excluding hydrogens is 901 g/mol. The average Bonchev–Trinajstić information content (AvgIpc) is 3.88. The molecule has 0 saturated carbocycles. The highest BCUT2D eigenvalue weighted by molar-refractivity contribution is 8.00. The Morgan fingerprint density at radius 2 is 1.40 bits per heavy atom. The first-order valence-electron chi connectivity index (χ1n) is 23.0. The van der Waals surface area contributed by atoms with Crippen molar-refractivity contribution in [3.05, 3.63) is 65.7 Å². The molecule has 0 bridgehead atoms. The minimum Gasteiger partial charge on any atom is -0.508 e. The Hall–Kier alpha value is -6.42. The van der Waals surface area contributed by atoms with E-state index in [-0.39, 0.29) is 61.4 Å². The molecule has 2 unspecified atom stereocenters. The molecule has 21 nitrogen and oxygen atoms in total. The van der Waals surface area contributed by atoms with Crippen LogP contribution >= 0.6 is 11.8 Å². The van der Waals surface area contributed by atoms with Gasteiger partial charge in [0.2, 0.25) is 47.3 Å². The largest absolute Gasteiger partial charge is 0.508 e. The Bertz CT molecular complexity index is 2050. The predicted molar refractivity (Wildman–Crippen MR) is 251 cm³/mol. The topological polar surface area (TPSA) is 328 Å². The van der Waals surface area contributed by atoms with Gasteiger partial charge in [-0.3, -0.25) is 43.6 Å². The highest BCUT2D eigenvalue weighted by atomic mass is 32.2. The lowest BCUT2D eigenvalue weighted by atomic mass is 9.87. The van der Waals surface area contributed by atoms with E-state index in [0.29, 0.717) is 48.6 Å². The molecule has 2 aromatic carbocycles. The molecule has 2 aliphatic heterocycles. The molecule has 2 fully saturated rings. The van der Waals surface area contributed by atoms with Gasteiger partial charge in [-0.15, -0.1) is 0 Å². The number of rotatable bonds is 29. The average molecular weight is 967 g/mol. The van der Waals surface area contributed by atoms with Crippen molar-refractivity contribution in [1.82, 2.24) is 48.0 Å². The number of amides is 10. The zero-order valence-corrected chi connectivity index (χ0v) is 39.3. The molecule has 22 heteroatoms. The molecule has 4 rings (SSSR count). The minimum absolute atomic E-state index is 0.0160. The second-order valence-electron chi connectivity index (χ2n) is 17.1. The van der Waals surface area contributed by atoms with Crippen LogP contribution in [0.3, 0.4) is 0 Å². The summed E-state index contributed by atoms with van der Waals surface area (Å²) in [4.78, 5) is 115. The molecular formula is C46H66N10O11S. The Kier molecular flexibility index (Phi) is 22.3. The maximum absolute atomic E-state index is 14.0. The molecule has 2 aromatic rings. The summed E-state index contributed by atoms with van der Waals surface area (Å²) in [5.74, 6) is -5.63. The smallest absolute Gasteiger partial charge is 0.315 e.